The van der Waals surface area contributed by atoms with Crippen LogP contribution in [0.2, 0.25) is 0 Å². The molecule has 2 aromatic carbocycles. The topological polar surface area (TPSA) is 127 Å². The second-order valence-electron chi connectivity index (χ2n) is 7.52. The number of hydrogen-bond acceptors (Lipinski definition) is 7. The van der Waals surface area contributed by atoms with Crippen LogP contribution in [0.3, 0.4) is 0 Å². The zero-order valence-corrected chi connectivity index (χ0v) is 18.0. The first-order chi connectivity index (χ1) is 15.5. The summed E-state index contributed by atoms with van der Waals surface area (Å²) in [6.45, 7) is -0.182. The predicted molar refractivity (Wildman–Crippen MR) is 114 cm³/mol. The van der Waals surface area contributed by atoms with Gasteiger partial charge in [-0.05, 0) is 48.6 Å². The lowest BCUT2D eigenvalue weighted by Crippen LogP contribution is -2.39. The average molecular weight is 458 g/mol. The van der Waals surface area contributed by atoms with E-state index in [0.717, 1.165) is 22.8 Å². The molecule has 0 unspecified atom stereocenters. The van der Waals surface area contributed by atoms with Gasteiger partial charge in [0.2, 0.25) is 10.0 Å². The molecule has 1 aliphatic rings. The third-order valence-electron chi connectivity index (χ3n) is 5.06. The summed E-state index contributed by atoms with van der Waals surface area (Å²) in [5.41, 5.74) is 2.91. The van der Waals surface area contributed by atoms with Crippen molar-refractivity contribution in [2.45, 2.75) is 24.3 Å². The van der Waals surface area contributed by atoms with Gasteiger partial charge in [0.1, 0.15) is 23.3 Å². The maximum Gasteiger partial charge on any atom is 0.258 e. The van der Waals surface area contributed by atoms with Crippen molar-refractivity contribution in [3.63, 3.8) is 0 Å². The number of aromatic nitrogens is 3. The number of nitrogens with zero attached hydrogens (tertiary/aromatic N) is 4. The Bertz CT molecular complexity index is 1160. The lowest BCUT2D eigenvalue weighted by molar-refractivity contribution is -0.129. The molecule has 1 aromatic heterocycles. The molecule has 4 rings (SSSR count). The van der Waals surface area contributed by atoms with Crippen LogP contribution in [0, 0.1) is 5.92 Å². The van der Waals surface area contributed by atoms with Crippen LogP contribution in [-0.2, 0) is 21.4 Å². The Morgan fingerprint density at radius 2 is 1.94 bits per heavy atom. The zero-order valence-electron chi connectivity index (χ0n) is 17.2. The molecule has 168 valence electrons. The minimum absolute atomic E-state index is 0.0226. The minimum Gasteiger partial charge on any atom is -0.492 e. The number of carbonyl (C=O) groups excluding carboxylic acids is 1. The predicted octanol–water partition coefficient (Wildman–Crippen LogP) is 1.75. The number of ether oxygens (including phenoxy) is 1. The van der Waals surface area contributed by atoms with Crippen LogP contribution in [0.5, 0.6) is 5.75 Å². The van der Waals surface area contributed by atoms with Gasteiger partial charge in [-0.3, -0.25) is 10.0 Å². The van der Waals surface area contributed by atoms with E-state index in [9.17, 15) is 13.2 Å². The average Bonchev–Trinajstić information content (AvgIpc) is 3.48. The molecule has 2 N–H and O–H groups in total. The van der Waals surface area contributed by atoms with Crippen LogP contribution in [0.25, 0.3) is 5.69 Å². The largest absolute Gasteiger partial charge is 0.492 e. The second kappa shape index (κ2) is 9.47. The number of carbonyl (C=O) groups is 1. The molecule has 0 aliphatic heterocycles. The van der Waals surface area contributed by atoms with Crippen molar-refractivity contribution in [3.8, 4) is 11.4 Å². The summed E-state index contributed by atoms with van der Waals surface area (Å²) in [6, 6.07) is 13.4. The number of amides is 1. The van der Waals surface area contributed by atoms with Gasteiger partial charge in [0.25, 0.3) is 5.91 Å². The number of para-hydroxylation sites is 1. The number of nitrogens with one attached hydrogen (secondary N) is 1. The molecule has 1 saturated carbocycles. The van der Waals surface area contributed by atoms with Gasteiger partial charge >= 0.3 is 0 Å². The highest BCUT2D eigenvalue weighted by atomic mass is 32.2. The van der Waals surface area contributed by atoms with E-state index in [1.807, 2.05) is 0 Å². The van der Waals surface area contributed by atoms with Crippen molar-refractivity contribution in [1.29, 1.82) is 0 Å². The summed E-state index contributed by atoms with van der Waals surface area (Å²) >= 11 is 0. The molecule has 0 spiro atoms. The molecule has 32 heavy (non-hydrogen) atoms. The van der Waals surface area contributed by atoms with Gasteiger partial charge in [-0.2, -0.15) is 9.40 Å². The second-order valence-corrected chi connectivity index (χ2v) is 9.42. The molecule has 0 saturated heterocycles. The summed E-state index contributed by atoms with van der Waals surface area (Å²) in [7, 11) is -4.11. The molecular weight excluding hydrogens is 434 g/mol. The first-order valence-corrected chi connectivity index (χ1v) is 11.5. The summed E-state index contributed by atoms with van der Waals surface area (Å²) in [5, 5.41) is 13.0. The van der Waals surface area contributed by atoms with E-state index in [2.05, 4.69) is 10.1 Å². The normalized spacial score (nSPS) is 13.8. The number of hydrogen-bond donors (Lipinski definition) is 2. The highest BCUT2D eigenvalue weighted by Crippen LogP contribution is 2.32. The van der Waals surface area contributed by atoms with Crippen LogP contribution >= 0.6 is 0 Å². The summed E-state index contributed by atoms with van der Waals surface area (Å²) in [6.07, 6.45) is 5.11. The van der Waals surface area contributed by atoms with Gasteiger partial charge in [-0.1, -0.05) is 24.3 Å². The van der Waals surface area contributed by atoms with Crippen molar-refractivity contribution >= 4 is 15.9 Å². The van der Waals surface area contributed by atoms with Crippen LogP contribution in [0.15, 0.2) is 66.1 Å². The molecular formula is C21H23N5O5S. The van der Waals surface area contributed by atoms with E-state index < -0.39 is 22.5 Å². The maximum absolute atomic E-state index is 13.5. The van der Waals surface area contributed by atoms with Crippen molar-refractivity contribution in [2.75, 3.05) is 13.2 Å². The van der Waals surface area contributed by atoms with Gasteiger partial charge in [0.15, 0.2) is 0 Å². The highest BCUT2D eigenvalue weighted by molar-refractivity contribution is 7.89. The third-order valence-corrected chi connectivity index (χ3v) is 6.89. The molecule has 1 fully saturated rings. The standard InChI is InChI=1S/C21H23N5O5S/c27-21(24-28)12-25(11-16-7-9-18(10-8-16)26-15-22-14-23-26)32(29,30)20-4-2-1-3-19(20)31-13-17-5-6-17/h1-4,7-10,14-15,17,28H,5-6,11-13H2,(H,24,27). The molecule has 1 aliphatic carbocycles. The molecule has 0 radical (unpaired) electrons. The lowest BCUT2D eigenvalue weighted by Gasteiger charge is -2.23. The van der Waals surface area contributed by atoms with Crippen LogP contribution in [0.1, 0.15) is 18.4 Å². The summed E-state index contributed by atoms with van der Waals surface area (Å²) in [4.78, 5) is 15.8. The quantitative estimate of drug-likeness (QED) is 0.351. The number of rotatable bonds is 10. The molecule has 0 bridgehead atoms. The first kappa shape index (κ1) is 21.9. The van der Waals surface area contributed by atoms with Crippen molar-refractivity contribution < 1.29 is 23.2 Å². The van der Waals surface area contributed by atoms with Crippen molar-refractivity contribution in [3.05, 3.63) is 66.7 Å². The Morgan fingerprint density at radius 3 is 2.59 bits per heavy atom. The SMILES string of the molecule is O=C(CN(Cc1ccc(-n2cncn2)cc1)S(=O)(=O)c1ccccc1OCC1CC1)NO. The highest BCUT2D eigenvalue weighted by Gasteiger charge is 2.30. The van der Waals surface area contributed by atoms with Gasteiger partial charge in [-0.25, -0.2) is 23.6 Å². The molecule has 10 nitrogen and oxygen atoms in total. The van der Waals surface area contributed by atoms with Crippen LogP contribution < -0.4 is 10.2 Å². The number of benzene rings is 2. The van der Waals surface area contributed by atoms with Crippen molar-refractivity contribution in [2.24, 2.45) is 5.92 Å². The Labute approximate surface area is 185 Å². The van der Waals surface area contributed by atoms with E-state index in [1.165, 1.54) is 17.9 Å². The van der Waals surface area contributed by atoms with E-state index in [-0.39, 0.29) is 17.2 Å². The first-order valence-electron chi connectivity index (χ1n) is 10.1. The summed E-state index contributed by atoms with van der Waals surface area (Å²) < 4.78 is 35.3. The van der Waals surface area contributed by atoms with Crippen LogP contribution in [0.4, 0.5) is 0 Å². The third kappa shape index (κ3) is 5.13. The smallest absolute Gasteiger partial charge is 0.258 e. The van der Waals surface area contributed by atoms with Gasteiger partial charge < -0.3 is 4.74 Å². The van der Waals surface area contributed by atoms with Gasteiger partial charge in [0.05, 0.1) is 18.8 Å². The molecule has 11 heteroatoms. The fourth-order valence-corrected chi connectivity index (χ4v) is 4.65. The number of sulfonamides is 1. The Hall–Kier alpha value is -3.28. The van der Waals surface area contributed by atoms with E-state index in [4.69, 9.17) is 9.94 Å². The fourth-order valence-electron chi connectivity index (χ4n) is 3.13. The molecule has 0 atom stereocenters. The van der Waals surface area contributed by atoms with Gasteiger partial charge in [0, 0.05) is 6.54 Å². The maximum atomic E-state index is 13.5. The van der Waals surface area contributed by atoms with E-state index in [0.29, 0.717) is 18.1 Å². The molecule has 3 aromatic rings. The Kier molecular flexibility index (Phi) is 6.49. The van der Waals surface area contributed by atoms with E-state index in [1.54, 1.807) is 53.5 Å². The minimum atomic E-state index is -4.11. The lowest BCUT2D eigenvalue weighted by atomic mass is 10.2. The number of hydroxylamine groups is 1. The Morgan fingerprint density at radius 1 is 1.19 bits per heavy atom. The zero-order chi connectivity index (χ0) is 22.6. The van der Waals surface area contributed by atoms with Crippen molar-refractivity contribution in [1.82, 2.24) is 24.5 Å². The Balaban J connectivity index is 1.60. The monoisotopic (exact) mass is 457 g/mol. The molecule has 1 heterocycles. The van der Waals surface area contributed by atoms with E-state index >= 15 is 0 Å². The van der Waals surface area contributed by atoms with Crippen LogP contribution in [-0.4, -0.2) is 51.8 Å². The fraction of sp³-hybridized carbons (Fsp3) is 0.286. The van der Waals surface area contributed by atoms with Gasteiger partial charge in [-0.15, -0.1) is 0 Å². The molecule has 1 amide bonds. The summed E-state index contributed by atoms with van der Waals surface area (Å²) in [5.74, 6) is -0.148.